The number of fused-ring (bicyclic) bond motifs is 24. The number of aryl methyl sites for hydroxylation is 8. The van der Waals surface area contributed by atoms with E-state index in [1.165, 1.54) is 171 Å². The van der Waals surface area contributed by atoms with Crippen LogP contribution in [0.25, 0.3) is 219 Å². The van der Waals surface area contributed by atoms with E-state index >= 15 is 0 Å². The average molecular weight is 1710 g/mol. The first-order chi connectivity index (χ1) is 65.2. The fourth-order valence-electron chi connectivity index (χ4n) is 20.6. The molecule has 8 nitrogen and oxygen atoms in total. The first-order valence-electron chi connectivity index (χ1n) is 48.3. The van der Waals surface area contributed by atoms with Gasteiger partial charge in [-0.25, -0.2) is 18.3 Å². The third-order valence-corrected chi connectivity index (χ3v) is 28.1. The van der Waals surface area contributed by atoms with Crippen LogP contribution in [0.15, 0.2) is 315 Å². The van der Waals surface area contributed by atoms with Gasteiger partial charge in [0.05, 0.1) is 43.8 Å². The minimum atomic E-state index is -2.43. The van der Waals surface area contributed by atoms with Crippen molar-refractivity contribution in [2.24, 2.45) is 28.2 Å². The van der Waals surface area contributed by atoms with Crippen molar-refractivity contribution in [3.8, 4) is 45.0 Å². The maximum Gasteiger partial charge on any atom is 0.224 e. The lowest BCUT2D eigenvalue weighted by Crippen LogP contribution is -2.31. The molecule has 8 heteroatoms. The summed E-state index contributed by atoms with van der Waals surface area (Å²) in [6, 6.07) is 96.5. The Labute approximate surface area is 771 Å². The molecule has 0 aliphatic rings. The van der Waals surface area contributed by atoms with Gasteiger partial charge in [-0.1, -0.05) is 237 Å². The fourth-order valence-corrected chi connectivity index (χ4v) is 20.6. The van der Waals surface area contributed by atoms with Crippen molar-refractivity contribution in [3.05, 3.63) is 359 Å². The summed E-state index contributed by atoms with van der Waals surface area (Å²) in [7, 11) is 8.38. The van der Waals surface area contributed by atoms with Crippen molar-refractivity contribution in [3.63, 3.8) is 0 Å². The van der Waals surface area contributed by atoms with E-state index < -0.39 is 18.6 Å². The van der Waals surface area contributed by atoms with E-state index in [-0.39, 0.29) is 0 Å². The van der Waals surface area contributed by atoms with Crippen molar-refractivity contribution in [2.75, 3.05) is 0 Å². The molecule has 0 bridgehead atoms. The molecule has 1 unspecified atom stereocenters. The molecule has 24 aromatic rings. The van der Waals surface area contributed by atoms with Crippen LogP contribution < -0.4 is 18.3 Å². The Kier molecular flexibility index (Phi) is 19.3. The van der Waals surface area contributed by atoms with Gasteiger partial charge in [-0.15, -0.1) is 0 Å². The molecule has 16 aromatic carbocycles. The summed E-state index contributed by atoms with van der Waals surface area (Å²) < 4.78 is 75.9. The largest absolute Gasteiger partial charge is 0.455 e. The first kappa shape index (κ1) is 77.5. The molecule has 0 saturated heterocycles. The summed E-state index contributed by atoms with van der Waals surface area (Å²) in [6.07, 6.45) is 8.44. The molecule has 642 valence electrons. The van der Waals surface area contributed by atoms with Gasteiger partial charge in [0, 0.05) is 74.2 Å². The van der Waals surface area contributed by atoms with Crippen LogP contribution in [0.4, 0.5) is 0 Å². The minimum absolute atomic E-state index is 0.473. The van der Waals surface area contributed by atoms with Crippen LogP contribution in [0, 0.1) is 48.5 Å². The Morgan fingerprint density at radius 3 is 0.809 bits per heavy atom. The topological polar surface area (TPSA) is 68.1 Å². The van der Waals surface area contributed by atoms with E-state index in [2.05, 4.69) is 377 Å². The second-order valence-corrected chi connectivity index (χ2v) is 37.2. The van der Waals surface area contributed by atoms with Crippen molar-refractivity contribution >= 4 is 174 Å². The van der Waals surface area contributed by atoms with Gasteiger partial charge >= 0.3 is 0 Å². The smallest absolute Gasteiger partial charge is 0.224 e. The van der Waals surface area contributed by atoms with Gasteiger partial charge in [-0.05, 0) is 265 Å². The molecular weight excluding hydrogens is 1600 g/mol. The van der Waals surface area contributed by atoms with Gasteiger partial charge in [0.2, 0.25) is 22.8 Å². The normalized spacial score (nSPS) is 13.2. The van der Waals surface area contributed by atoms with Crippen molar-refractivity contribution in [1.29, 1.82) is 0 Å². The van der Waals surface area contributed by atoms with E-state index in [1.807, 2.05) is 51.4 Å². The van der Waals surface area contributed by atoms with Gasteiger partial charge in [0.25, 0.3) is 0 Å². The summed E-state index contributed by atoms with van der Waals surface area (Å²) in [4.78, 5) is 0. The predicted molar refractivity (Wildman–Crippen MR) is 551 cm³/mol. The van der Waals surface area contributed by atoms with Crippen LogP contribution >= 0.6 is 0 Å². The van der Waals surface area contributed by atoms with Crippen molar-refractivity contribution in [1.82, 2.24) is 0 Å². The molecule has 0 saturated carbocycles. The minimum Gasteiger partial charge on any atom is -0.455 e. The van der Waals surface area contributed by atoms with Crippen LogP contribution in [0.2, 0.25) is 0 Å². The second kappa shape index (κ2) is 32.6. The van der Waals surface area contributed by atoms with Crippen LogP contribution in [-0.2, 0) is 28.2 Å². The Morgan fingerprint density at radius 2 is 0.504 bits per heavy atom. The van der Waals surface area contributed by atoms with E-state index in [4.69, 9.17) is 24.5 Å². The molecule has 8 heterocycles. The fraction of sp³-hybridized carbons (Fsp3) is 0.187. The quantitative estimate of drug-likeness (QED) is 0.142. The molecule has 131 heavy (non-hydrogen) atoms. The zero-order chi connectivity index (χ0) is 94.9. The van der Waals surface area contributed by atoms with E-state index in [1.54, 1.807) is 6.07 Å². The number of benzene rings is 16. The van der Waals surface area contributed by atoms with Gasteiger partial charge in [-0.3, -0.25) is 0 Å². The number of rotatable bonds is 8. The second-order valence-electron chi connectivity index (χ2n) is 37.2. The van der Waals surface area contributed by atoms with Gasteiger partial charge < -0.3 is 17.7 Å². The molecular formula is C123H110N4O4+4. The Hall–Kier alpha value is -14.6. The van der Waals surface area contributed by atoms with E-state index in [0.717, 1.165) is 111 Å². The van der Waals surface area contributed by atoms with Crippen LogP contribution in [0.5, 0.6) is 0 Å². The molecule has 0 amide bonds. The molecule has 8 aromatic heterocycles. The summed E-state index contributed by atoms with van der Waals surface area (Å²) in [5, 5.41) is 28.3. The number of furan rings is 4. The molecule has 0 fully saturated rings. The van der Waals surface area contributed by atoms with Gasteiger partial charge in [-0.2, -0.15) is 0 Å². The SMILES string of the molecule is Cc1cc2c(oc3ccc4ccccc4c32)c(-c2c3ccc(C(C)C)cc3cc[n+]2C)c1C.Cc1ccc2c(oc3ccc4ccccc4c32)c1-c1c2ccc(C(C)C)cc2cc[n+]1C.[2H]C(C)(C)c1ccc2c(-c3c(C)c(C)cc4c3oc3ccc5ccccc5c34)[n+](C)ccc2c1.[2H]C([2H])([2H])C([2H])(C)c1ccc2c(-c3c(C)c(C)cc4c3oc3ccc5ccccc5c34)[n+](C)ccc2c1. The van der Waals surface area contributed by atoms with Gasteiger partial charge in [0.15, 0.2) is 24.8 Å². The van der Waals surface area contributed by atoms with Crippen molar-refractivity contribution in [2.45, 2.75) is 127 Å². The molecule has 0 aliphatic carbocycles. The van der Waals surface area contributed by atoms with E-state index in [9.17, 15) is 0 Å². The summed E-state index contributed by atoms with van der Waals surface area (Å²) in [5.41, 5.74) is 29.2. The average Bonchev–Trinajstić information content (AvgIpc) is 1.42. The van der Waals surface area contributed by atoms with E-state index in [0.29, 0.717) is 17.4 Å². The number of aromatic nitrogens is 4. The lowest BCUT2D eigenvalue weighted by Gasteiger charge is -2.12. The highest BCUT2D eigenvalue weighted by atomic mass is 16.3. The Bertz CT molecular complexity index is 9150. The lowest BCUT2D eigenvalue weighted by molar-refractivity contribution is -0.659. The predicted octanol–water partition coefficient (Wildman–Crippen LogP) is 32.2. The standard InChI is InChI=1S/3C31H28NO.C30H26NO/c3*1-18(2)22-10-12-25-23(17-22)14-15-32(5)30(25)28-20(4)19(3)16-26-29-24-9-7-6-8-21(24)11-13-27(29)33-31(26)28;1-18(2)21-10-13-24-22(17-21)15-16-31(4)29(24)27-19(3)9-12-25-28-23-8-6-5-7-20(23)11-14-26(28)32-30(25)27/h3*6-18H,1-5H3;5-18H,1-4H3/q4*+1/i1D3,18D;18D;;. The summed E-state index contributed by atoms with van der Waals surface area (Å²) >= 11 is 0. The molecule has 0 N–H and O–H groups in total. The maximum atomic E-state index is 8.57. The highest BCUT2D eigenvalue weighted by Crippen LogP contribution is 2.49. The van der Waals surface area contributed by atoms with Crippen molar-refractivity contribution < 1.29 is 42.8 Å². The monoisotopic (exact) mass is 1710 g/mol. The zero-order valence-electron chi connectivity index (χ0n) is 82.9. The first-order valence-corrected chi connectivity index (χ1v) is 45.8. The Morgan fingerprint density at radius 1 is 0.237 bits per heavy atom. The van der Waals surface area contributed by atoms with Crippen LogP contribution in [0.1, 0.15) is 147 Å². The third kappa shape index (κ3) is 13.9. The molecule has 1 atom stereocenters. The van der Waals surface area contributed by atoms with Crippen LogP contribution in [0.3, 0.4) is 0 Å². The number of hydrogen-bond acceptors (Lipinski definition) is 4. The van der Waals surface area contributed by atoms with Gasteiger partial charge in [0.1, 0.15) is 72.9 Å². The third-order valence-electron chi connectivity index (χ3n) is 28.1. The number of hydrogen-bond donors (Lipinski definition) is 0. The molecule has 0 spiro atoms. The Balaban J connectivity index is 0.000000109. The van der Waals surface area contributed by atoms with Crippen LogP contribution in [-0.4, -0.2) is 0 Å². The highest BCUT2D eigenvalue weighted by Gasteiger charge is 2.32. The molecule has 0 aliphatic heterocycles. The number of nitrogens with zero attached hydrogens (tertiary/aromatic N) is 4. The molecule has 0 radical (unpaired) electrons. The molecule has 24 rings (SSSR count). The number of pyridine rings is 4. The summed E-state index contributed by atoms with van der Waals surface area (Å²) in [6.45, 7) is 27.1. The zero-order valence-corrected chi connectivity index (χ0v) is 77.9. The summed E-state index contributed by atoms with van der Waals surface area (Å²) in [5.74, 6) is -1.34. The highest BCUT2D eigenvalue weighted by molar-refractivity contribution is 6.26. The maximum absolute atomic E-state index is 8.57. The lowest BCUT2D eigenvalue weighted by atomic mass is 9.92.